The second kappa shape index (κ2) is 15.2. The van der Waals surface area contributed by atoms with Crippen molar-refractivity contribution in [1.82, 2.24) is 30.2 Å². The minimum atomic E-state index is -0.909. The molecule has 242 valence electrons. The van der Waals surface area contributed by atoms with Gasteiger partial charge < -0.3 is 25.4 Å². The summed E-state index contributed by atoms with van der Waals surface area (Å²) in [5.74, 6) is -0.520. The number of anilines is 1. The molecule has 3 N–H and O–H groups in total. The minimum absolute atomic E-state index is 0.0576. The zero-order valence-electron chi connectivity index (χ0n) is 26.2. The lowest BCUT2D eigenvalue weighted by Gasteiger charge is -2.23. The summed E-state index contributed by atoms with van der Waals surface area (Å²) in [4.78, 5) is 52.4. The molecule has 13 heteroatoms. The summed E-state index contributed by atoms with van der Waals surface area (Å²) in [5.41, 5.74) is 2.56. The summed E-state index contributed by atoms with van der Waals surface area (Å²) >= 11 is 1.33. The quantitative estimate of drug-likeness (QED) is 0.108. The summed E-state index contributed by atoms with van der Waals surface area (Å²) in [6.07, 6.45) is 1.05. The molecule has 0 bridgehead atoms. The van der Waals surface area contributed by atoms with Gasteiger partial charge in [0.25, 0.3) is 0 Å². The summed E-state index contributed by atoms with van der Waals surface area (Å²) in [6.45, 7) is 5.77. The SMILES string of the molecule is CC(C)(C)OC(=O)CC(NC(=O)OCc1ccccc1)n1cnc2c(Sc3cccc(NC(=O)NCc4ccccc4)c3)ncnc21. The molecule has 12 nitrogen and oxygen atoms in total. The molecule has 0 aliphatic heterocycles. The van der Waals surface area contributed by atoms with Crippen molar-refractivity contribution < 1.29 is 23.9 Å². The van der Waals surface area contributed by atoms with E-state index >= 15 is 0 Å². The number of nitrogens with zero attached hydrogens (tertiary/aromatic N) is 4. The van der Waals surface area contributed by atoms with Crippen LogP contribution >= 0.6 is 11.8 Å². The fourth-order valence-electron chi connectivity index (χ4n) is 4.50. The highest BCUT2D eigenvalue weighted by atomic mass is 32.2. The van der Waals surface area contributed by atoms with Crippen molar-refractivity contribution in [3.05, 3.63) is 109 Å². The van der Waals surface area contributed by atoms with Gasteiger partial charge in [-0.15, -0.1) is 0 Å². The Morgan fingerprint density at radius 1 is 0.894 bits per heavy atom. The van der Waals surface area contributed by atoms with Crippen LogP contribution in [0.15, 0.2) is 108 Å². The molecule has 2 aromatic heterocycles. The van der Waals surface area contributed by atoms with Gasteiger partial charge >= 0.3 is 18.1 Å². The van der Waals surface area contributed by atoms with E-state index in [9.17, 15) is 14.4 Å². The predicted molar refractivity (Wildman–Crippen MR) is 177 cm³/mol. The van der Waals surface area contributed by atoms with Crippen molar-refractivity contribution in [1.29, 1.82) is 0 Å². The molecule has 0 aliphatic carbocycles. The molecule has 3 amide bonds. The largest absolute Gasteiger partial charge is 0.460 e. The van der Waals surface area contributed by atoms with E-state index < -0.39 is 23.8 Å². The zero-order valence-corrected chi connectivity index (χ0v) is 27.0. The highest BCUT2D eigenvalue weighted by Crippen LogP contribution is 2.32. The molecule has 2 heterocycles. The van der Waals surface area contributed by atoms with Crippen LogP contribution < -0.4 is 16.0 Å². The zero-order chi connectivity index (χ0) is 33.2. The Morgan fingerprint density at radius 3 is 2.34 bits per heavy atom. The van der Waals surface area contributed by atoms with Crippen molar-refractivity contribution in [3.63, 3.8) is 0 Å². The number of hydrogen-bond acceptors (Lipinski definition) is 9. The van der Waals surface area contributed by atoms with Crippen LogP contribution in [0, 0.1) is 0 Å². The standard InChI is InChI=1S/C34H35N7O5S/c1-34(2,3)46-28(42)18-27(40-33(44)45-20-24-13-8-5-9-14-24)41-22-38-29-30(41)36-21-37-31(29)47-26-16-10-15-25(17-26)39-32(43)35-19-23-11-6-4-7-12-23/h4-17,21-22,27H,18-20H2,1-3H3,(H,40,44)(H2,35,39,43). The van der Waals surface area contributed by atoms with Crippen LogP contribution in [-0.4, -0.2) is 43.2 Å². The number of benzene rings is 3. The van der Waals surface area contributed by atoms with E-state index in [2.05, 4.69) is 30.9 Å². The van der Waals surface area contributed by atoms with Crippen LogP contribution in [0.4, 0.5) is 15.3 Å². The average molecular weight is 654 g/mol. The van der Waals surface area contributed by atoms with E-state index in [1.807, 2.05) is 78.9 Å². The molecule has 0 fully saturated rings. The van der Waals surface area contributed by atoms with Crippen LogP contribution in [0.25, 0.3) is 11.2 Å². The Bertz CT molecular complexity index is 1830. The molecule has 5 aromatic rings. The number of hydrogen-bond donors (Lipinski definition) is 3. The van der Waals surface area contributed by atoms with Gasteiger partial charge in [0.2, 0.25) is 0 Å². The van der Waals surface area contributed by atoms with Gasteiger partial charge in [0.15, 0.2) is 5.65 Å². The van der Waals surface area contributed by atoms with Gasteiger partial charge in [-0.2, -0.15) is 0 Å². The Balaban J connectivity index is 1.31. The number of carbonyl (C=O) groups is 3. The third-order valence-electron chi connectivity index (χ3n) is 6.54. The normalized spacial score (nSPS) is 11.8. The highest BCUT2D eigenvalue weighted by Gasteiger charge is 2.26. The Morgan fingerprint density at radius 2 is 1.62 bits per heavy atom. The molecule has 0 saturated carbocycles. The third-order valence-corrected chi connectivity index (χ3v) is 7.52. The summed E-state index contributed by atoms with van der Waals surface area (Å²) in [5, 5.41) is 9.01. The van der Waals surface area contributed by atoms with E-state index in [1.165, 1.54) is 24.4 Å². The van der Waals surface area contributed by atoms with Crippen LogP contribution in [0.3, 0.4) is 0 Å². The first-order valence-corrected chi connectivity index (χ1v) is 15.7. The lowest BCUT2D eigenvalue weighted by Crippen LogP contribution is -2.36. The summed E-state index contributed by atoms with van der Waals surface area (Å²) in [7, 11) is 0. The lowest BCUT2D eigenvalue weighted by molar-refractivity contribution is -0.155. The van der Waals surface area contributed by atoms with Gasteiger partial charge in [-0.05, 0) is 50.1 Å². The molecular formula is C34H35N7O5S. The highest BCUT2D eigenvalue weighted by molar-refractivity contribution is 7.99. The van der Waals surface area contributed by atoms with Gasteiger partial charge in [-0.3, -0.25) is 9.36 Å². The molecule has 47 heavy (non-hydrogen) atoms. The summed E-state index contributed by atoms with van der Waals surface area (Å²) < 4.78 is 12.5. The van der Waals surface area contributed by atoms with E-state index in [-0.39, 0.29) is 19.1 Å². The maximum Gasteiger partial charge on any atom is 0.409 e. The number of esters is 1. The van der Waals surface area contributed by atoms with Crippen LogP contribution in [0.1, 0.15) is 44.5 Å². The van der Waals surface area contributed by atoms with Crippen LogP contribution in [0.5, 0.6) is 0 Å². The maximum absolute atomic E-state index is 12.9. The minimum Gasteiger partial charge on any atom is -0.460 e. The fraction of sp³-hybridized carbons (Fsp3) is 0.235. The van der Waals surface area contributed by atoms with Crippen molar-refractivity contribution in [2.75, 3.05) is 5.32 Å². The second-order valence-electron chi connectivity index (χ2n) is 11.4. The van der Waals surface area contributed by atoms with Gasteiger partial charge in [0, 0.05) is 17.1 Å². The number of alkyl carbamates (subject to hydrolysis) is 1. The van der Waals surface area contributed by atoms with Crippen molar-refractivity contribution in [2.45, 2.75) is 62.0 Å². The number of urea groups is 1. The van der Waals surface area contributed by atoms with E-state index in [0.717, 1.165) is 16.0 Å². The first kappa shape index (κ1) is 32.9. The molecule has 0 aliphatic rings. The van der Waals surface area contributed by atoms with E-state index in [1.54, 1.807) is 31.4 Å². The lowest BCUT2D eigenvalue weighted by atomic mass is 10.2. The van der Waals surface area contributed by atoms with Crippen molar-refractivity contribution >= 4 is 46.7 Å². The maximum atomic E-state index is 12.9. The van der Waals surface area contributed by atoms with Gasteiger partial charge in [-0.25, -0.2) is 24.5 Å². The number of fused-ring (bicyclic) bond motifs is 1. The van der Waals surface area contributed by atoms with Crippen molar-refractivity contribution in [3.8, 4) is 0 Å². The summed E-state index contributed by atoms with van der Waals surface area (Å²) in [6, 6.07) is 25.9. The first-order chi connectivity index (χ1) is 22.6. The molecular weight excluding hydrogens is 618 g/mol. The molecule has 0 saturated heterocycles. The van der Waals surface area contributed by atoms with Gasteiger partial charge in [-0.1, -0.05) is 78.5 Å². The number of carbonyl (C=O) groups excluding carboxylic acids is 3. The number of nitrogens with one attached hydrogen (secondary N) is 3. The number of aromatic nitrogens is 4. The van der Waals surface area contributed by atoms with Crippen LogP contribution in [0.2, 0.25) is 0 Å². The number of amides is 3. The predicted octanol–water partition coefficient (Wildman–Crippen LogP) is 6.46. The van der Waals surface area contributed by atoms with Crippen LogP contribution in [-0.2, 0) is 27.4 Å². The average Bonchev–Trinajstić information content (AvgIpc) is 3.48. The van der Waals surface area contributed by atoms with E-state index in [0.29, 0.717) is 28.4 Å². The van der Waals surface area contributed by atoms with Crippen molar-refractivity contribution in [2.24, 2.45) is 0 Å². The van der Waals surface area contributed by atoms with Gasteiger partial charge in [0.05, 0.1) is 12.7 Å². The third kappa shape index (κ3) is 9.78. The monoisotopic (exact) mass is 653 g/mol. The topological polar surface area (TPSA) is 149 Å². The first-order valence-electron chi connectivity index (χ1n) is 14.9. The Kier molecular flexibility index (Phi) is 10.7. The molecule has 1 unspecified atom stereocenters. The number of rotatable bonds is 11. The molecule has 1 atom stereocenters. The van der Waals surface area contributed by atoms with Gasteiger partial charge in [0.1, 0.15) is 35.2 Å². The Labute approximate surface area is 276 Å². The molecule has 0 radical (unpaired) electrons. The molecule has 3 aromatic carbocycles. The second-order valence-corrected chi connectivity index (χ2v) is 12.5. The number of ether oxygens (including phenoxy) is 2. The molecule has 5 rings (SSSR count). The van der Waals surface area contributed by atoms with E-state index in [4.69, 9.17) is 9.47 Å². The Hall–Kier alpha value is -5.43. The molecule has 0 spiro atoms. The number of imidazole rings is 1. The smallest absolute Gasteiger partial charge is 0.409 e. The fourth-order valence-corrected chi connectivity index (χ4v) is 5.39.